The molecular weight excluding hydrogens is 495 g/mol. The van der Waals surface area contributed by atoms with E-state index in [1.807, 2.05) is 53.9 Å². The zero-order valence-electron chi connectivity index (χ0n) is 22.1. The maximum Gasteiger partial charge on any atom is 0.272 e. The lowest BCUT2D eigenvalue weighted by molar-refractivity contribution is -0.117. The van der Waals surface area contributed by atoms with Crippen LogP contribution in [0.3, 0.4) is 0 Å². The van der Waals surface area contributed by atoms with Crippen molar-refractivity contribution < 1.29 is 18.8 Å². The Kier molecular flexibility index (Phi) is 7.10. The summed E-state index contributed by atoms with van der Waals surface area (Å²) in [6.07, 6.45) is 1.70. The first-order valence-corrected chi connectivity index (χ1v) is 12.6. The maximum atomic E-state index is 13.1. The van der Waals surface area contributed by atoms with Crippen molar-refractivity contribution >= 4 is 52.5 Å². The molecule has 194 valence electrons. The molecule has 1 fully saturated rings. The van der Waals surface area contributed by atoms with Gasteiger partial charge in [-0.25, -0.2) is 0 Å². The van der Waals surface area contributed by atoms with Gasteiger partial charge in [0.15, 0.2) is 17.3 Å². The van der Waals surface area contributed by atoms with Gasteiger partial charge < -0.3 is 25.2 Å². The molecule has 2 heterocycles. The van der Waals surface area contributed by atoms with Crippen LogP contribution in [-0.2, 0) is 4.79 Å². The minimum absolute atomic E-state index is 0.0148. The quantitative estimate of drug-likeness (QED) is 0.269. The molecule has 2 aromatic heterocycles. The van der Waals surface area contributed by atoms with Gasteiger partial charge in [0.25, 0.3) is 11.8 Å². The number of carbonyl (C=O) groups is 2. The molecule has 0 aliphatic heterocycles. The molecule has 11 nitrogen and oxygen atoms in total. The van der Waals surface area contributed by atoms with E-state index in [0.29, 0.717) is 28.5 Å². The summed E-state index contributed by atoms with van der Waals surface area (Å²) >= 11 is 0. The first-order valence-electron chi connectivity index (χ1n) is 12.6. The number of rotatable bonds is 9. The van der Waals surface area contributed by atoms with E-state index >= 15 is 0 Å². The van der Waals surface area contributed by atoms with E-state index in [4.69, 9.17) is 9.26 Å². The number of amides is 2. The Balaban J connectivity index is 1.50. The average molecular weight is 521 g/mol. The maximum absolute atomic E-state index is 13.1. The molecule has 0 atom stereocenters. The van der Waals surface area contributed by atoms with Gasteiger partial charge in [-0.05, 0) is 30.2 Å². The third-order valence-corrected chi connectivity index (χ3v) is 5.87. The fraction of sp³-hybridized carbons (Fsp3) is 0.200. The molecule has 5 rings (SSSR count). The molecule has 1 aliphatic rings. The van der Waals surface area contributed by atoms with Crippen molar-refractivity contribution in [1.82, 2.24) is 25.7 Å². The molecule has 0 spiro atoms. The summed E-state index contributed by atoms with van der Waals surface area (Å²) in [5.41, 5.74) is 2.29. The normalized spacial score (nSPS) is 12.9. The van der Waals surface area contributed by atoms with E-state index in [1.54, 1.807) is 24.3 Å². The summed E-state index contributed by atoms with van der Waals surface area (Å²) < 4.78 is 11.3. The smallest absolute Gasteiger partial charge is 0.272 e. The molecule has 39 heavy (non-hydrogen) atoms. The molecule has 1 aliphatic carbocycles. The van der Waals surface area contributed by atoms with E-state index in [1.165, 1.54) is 7.11 Å². The van der Waals surface area contributed by atoms with Crippen LogP contribution in [0.2, 0.25) is 0 Å². The van der Waals surface area contributed by atoms with Crippen LogP contribution in [-0.4, -0.2) is 68.0 Å². The fourth-order valence-electron chi connectivity index (χ4n) is 3.90. The highest BCUT2D eigenvalue weighted by atomic mass is 16.5. The lowest BCUT2D eigenvalue weighted by Crippen LogP contribution is -2.50. The van der Waals surface area contributed by atoms with Crippen LogP contribution < -0.4 is 20.7 Å². The Labute approximate surface area is 227 Å². The number of aromatic nitrogens is 4. The molecular formula is C25H26B3N7O4. The van der Waals surface area contributed by atoms with Gasteiger partial charge in [0.1, 0.15) is 23.5 Å². The van der Waals surface area contributed by atoms with E-state index in [-0.39, 0.29) is 29.2 Å². The highest BCUT2D eigenvalue weighted by Crippen LogP contribution is 2.38. The second-order valence-electron chi connectivity index (χ2n) is 10.3. The molecule has 0 radical (unpaired) electrons. The van der Waals surface area contributed by atoms with Crippen molar-refractivity contribution in [2.45, 2.75) is 18.1 Å². The lowest BCUT2D eigenvalue weighted by Gasteiger charge is -2.21. The number of benzene rings is 2. The van der Waals surface area contributed by atoms with Crippen molar-refractivity contribution in [1.29, 1.82) is 0 Å². The van der Waals surface area contributed by atoms with E-state index in [2.05, 4.69) is 36.3 Å². The predicted molar refractivity (Wildman–Crippen MR) is 154 cm³/mol. The second-order valence-corrected chi connectivity index (χ2v) is 10.3. The van der Waals surface area contributed by atoms with Gasteiger partial charge >= 0.3 is 0 Å². The van der Waals surface area contributed by atoms with Crippen LogP contribution >= 0.6 is 0 Å². The topological polar surface area (TPSA) is 144 Å². The summed E-state index contributed by atoms with van der Waals surface area (Å²) in [7, 11) is 7.14. The Morgan fingerprint density at radius 3 is 2.49 bits per heavy atom. The zero-order chi connectivity index (χ0) is 27.6. The molecule has 14 heteroatoms. The Hall–Kier alpha value is -4.61. The Morgan fingerprint density at radius 1 is 1.03 bits per heavy atom. The molecule has 4 aromatic rings. The Bertz CT molecular complexity index is 1520. The first kappa shape index (κ1) is 26.0. The number of methoxy groups -OCH3 is 1. The van der Waals surface area contributed by atoms with Gasteiger partial charge in [-0.15, -0.1) is 10.2 Å². The van der Waals surface area contributed by atoms with E-state index in [0.717, 1.165) is 18.4 Å². The highest BCUT2D eigenvalue weighted by Gasteiger charge is 2.30. The average Bonchev–Trinajstić information content (AvgIpc) is 3.65. The third-order valence-electron chi connectivity index (χ3n) is 5.87. The number of anilines is 3. The number of para-hydroxylation sites is 1. The molecule has 2 amide bonds. The van der Waals surface area contributed by atoms with Crippen molar-refractivity contribution in [3.8, 4) is 28.6 Å². The van der Waals surface area contributed by atoms with Gasteiger partial charge in [0.2, 0.25) is 11.7 Å². The molecule has 3 N–H and O–H groups in total. The predicted octanol–water partition coefficient (Wildman–Crippen LogP) is 0.535. The minimum atomic E-state index is -0.499. The van der Waals surface area contributed by atoms with Crippen molar-refractivity contribution in [2.24, 2.45) is 5.92 Å². The van der Waals surface area contributed by atoms with Crippen LogP contribution in [0.25, 0.3) is 22.8 Å². The minimum Gasteiger partial charge on any atom is -0.494 e. The number of nitrogens with zero attached hydrogens (tertiary/aromatic N) is 4. The number of carbonyl (C=O) groups excluding carboxylic acids is 2. The summed E-state index contributed by atoms with van der Waals surface area (Å²) in [4.78, 5) is 30.0. The SMILES string of the molecule is BC(B)(B)NC(=O)c1nnc(NC(=O)C2CC2)cc1Nc1cccc(-c2nc(-c3ccccc3)no2)c1OC. The standard InChI is InChI=1S/C25H26B3N7O4/c1-38-20-15(24-31-21(35-39-24)13-6-3-2-4-7-13)8-5-9-16(20)29-17-12-18(30-22(36)14-10-11-14)33-34-19(17)23(37)32-25(26,27)28/h2-9,12,14H,10-11,26-28H2,1H3,(H,32,37)(H2,29,30,33,36). The van der Waals surface area contributed by atoms with Crippen LogP contribution in [0, 0.1) is 5.92 Å². The van der Waals surface area contributed by atoms with Crippen LogP contribution in [0.15, 0.2) is 59.1 Å². The highest BCUT2D eigenvalue weighted by molar-refractivity contribution is 6.60. The lowest BCUT2D eigenvalue weighted by atomic mass is 9.49. The number of hydrogen-bond donors (Lipinski definition) is 3. The van der Waals surface area contributed by atoms with Crippen LogP contribution in [0.5, 0.6) is 5.75 Å². The first-order chi connectivity index (χ1) is 18.7. The van der Waals surface area contributed by atoms with Gasteiger partial charge in [-0.2, -0.15) is 4.98 Å². The van der Waals surface area contributed by atoms with Crippen LogP contribution in [0.4, 0.5) is 17.2 Å². The number of ether oxygens (including phenoxy) is 1. The summed E-state index contributed by atoms with van der Waals surface area (Å²) in [6, 6.07) is 16.4. The van der Waals surface area contributed by atoms with Crippen LogP contribution in [0.1, 0.15) is 23.3 Å². The van der Waals surface area contributed by atoms with E-state index < -0.39 is 11.1 Å². The van der Waals surface area contributed by atoms with Gasteiger partial charge in [0.05, 0.1) is 24.0 Å². The largest absolute Gasteiger partial charge is 0.494 e. The number of nitrogens with one attached hydrogen (secondary N) is 3. The molecule has 2 aromatic carbocycles. The van der Waals surface area contributed by atoms with Gasteiger partial charge in [0, 0.05) is 17.5 Å². The third kappa shape index (κ3) is 6.11. The summed E-state index contributed by atoms with van der Waals surface area (Å²) in [5, 5.41) is 20.7. The van der Waals surface area contributed by atoms with Gasteiger partial charge in [-0.1, -0.05) is 41.6 Å². The second kappa shape index (κ2) is 10.6. The number of hydrogen-bond acceptors (Lipinski definition) is 9. The molecule has 0 saturated heterocycles. The monoisotopic (exact) mass is 521 g/mol. The van der Waals surface area contributed by atoms with Crippen molar-refractivity contribution in [2.75, 3.05) is 17.7 Å². The Morgan fingerprint density at radius 2 is 1.79 bits per heavy atom. The van der Waals surface area contributed by atoms with Gasteiger partial charge in [-0.3, -0.25) is 9.59 Å². The van der Waals surface area contributed by atoms with Crippen molar-refractivity contribution in [3.05, 3.63) is 60.3 Å². The summed E-state index contributed by atoms with van der Waals surface area (Å²) in [6.45, 7) is 0. The molecule has 0 unspecified atom stereocenters. The molecule has 0 bridgehead atoms. The molecule has 1 saturated carbocycles. The van der Waals surface area contributed by atoms with E-state index in [9.17, 15) is 9.59 Å². The van der Waals surface area contributed by atoms with Crippen molar-refractivity contribution in [3.63, 3.8) is 0 Å². The fourth-order valence-corrected chi connectivity index (χ4v) is 3.90. The summed E-state index contributed by atoms with van der Waals surface area (Å²) in [5.74, 6) is 0.819. The zero-order valence-corrected chi connectivity index (χ0v) is 22.1.